The summed E-state index contributed by atoms with van der Waals surface area (Å²) in [6.07, 6.45) is 7.05. The molecule has 1 aromatic carbocycles. The molecule has 5 fully saturated rings. The first-order valence-electron chi connectivity index (χ1n) is 11.8. The maximum Gasteiger partial charge on any atom is 0.165 e. The van der Waals surface area contributed by atoms with Gasteiger partial charge in [0.15, 0.2) is 11.5 Å². The number of likely N-dealkylation sites (tertiary alicyclic amines) is 2. The molecule has 5 heteroatoms. The van der Waals surface area contributed by atoms with Crippen LogP contribution in [0.15, 0.2) is 12.1 Å². The monoisotopic (exact) mass is 396 g/mol. The molecule has 6 aliphatic rings. The topological polar surface area (TPSA) is 56.2 Å². The summed E-state index contributed by atoms with van der Waals surface area (Å²) in [7, 11) is 0. The number of phenols is 1. The number of aromatic hydroxyl groups is 1. The van der Waals surface area contributed by atoms with Gasteiger partial charge in [-0.2, -0.15) is 0 Å². The van der Waals surface area contributed by atoms with Crippen LogP contribution in [0.4, 0.5) is 0 Å². The van der Waals surface area contributed by atoms with E-state index in [0.29, 0.717) is 17.7 Å². The minimum absolute atomic E-state index is 0.0364. The lowest BCUT2D eigenvalue weighted by Gasteiger charge is -2.78. The highest BCUT2D eigenvalue weighted by Crippen LogP contribution is 2.73. The molecule has 3 heterocycles. The number of aryl methyl sites for hydroxylation is 1. The van der Waals surface area contributed by atoms with Crippen LogP contribution in [0.3, 0.4) is 0 Å². The molecule has 3 saturated carbocycles. The zero-order valence-electron chi connectivity index (χ0n) is 17.3. The highest BCUT2D eigenvalue weighted by atomic mass is 16.5. The van der Waals surface area contributed by atoms with Crippen LogP contribution >= 0.6 is 0 Å². The van der Waals surface area contributed by atoms with Gasteiger partial charge in [-0.3, -0.25) is 9.80 Å². The van der Waals surface area contributed by atoms with Crippen molar-refractivity contribution in [1.82, 2.24) is 9.80 Å². The first-order chi connectivity index (χ1) is 14.1. The van der Waals surface area contributed by atoms with Gasteiger partial charge in [0, 0.05) is 36.7 Å². The molecule has 1 aromatic rings. The highest BCUT2D eigenvalue weighted by molar-refractivity contribution is 5.63. The van der Waals surface area contributed by atoms with Crippen molar-refractivity contribution in [3.05, 3.63) is 23.3 Å². The van der Waals surface area contributed by atoms with Crippen LogP contribution in [0.25, 0.3) is 0 Å². The molecule has 0 amide bonds. The van der Waals surface area contributed by atoms with Gasteiger partial charge in [-0.05, 0) is 76.1 Å². The Morgan fingerprint density at radius 2 is 1.97 bits per heavy atom. The molecule has 7 rings (SSSR count). The summed E-state index contributed by atoms with van der Waals surface area (Å²) >= 11 is 0. The Labute approximate surface area is 172 Å². The molecule has 29 heavy (non-hydrogen) atoms. The lowest BCUT2D eigenvalue weighted by Crippen LogP contribution is -2.92. The number of nitrogens with zero attached hydrogens (tertiary/aromatic N) is 2. The first-order valence-corrected chi connectivity index (χ1v) is 11.8. The average Bonchev–Trinajstić information content (AvgIpc) is 3.18. The predicted molar refractivity (Wildman–Crippen MR) is 109 cm³/mol. The molecule has 0 radical (unpaired) electrons. The number of benzene rings is 1. The lowest BCUT2D eigenvalue weighted by molar-refractivity contribution is -0.322. The van der Waals surface area contributed by atoms with Crippen LogP contribution in [-0.2, 0) is 5.41 Å². The third-order valence-electron chi connectivity index (χ3n) is 9.42. The zero-order chi connectivity index (χ0) is 19.5. The zero-order valence-corrected chi connectivity index (χ0v) is 17.3. The van der Waals surface area contributed by atoms with Crippen LogP contribution in [0.5, 0.6) is 11.5 Å². The minimum atomic E-state index is -0.727. The van der Waals surface area contributed by atoms with Crippen LogP contribution in [0, 0.1) is 18.8 Å². The molecular formula is C24H32N2O3. The van der Waals surface area contributed by atoms with E-state index in [0.717, 1.165) is 50.5 Å². The van der Waals surface area contributed by atoms with Gasteiger partial charge in [0.05, 0.1) is 11.0 Å². The summed E-state index contributed by atoms with van der Waals surface area (Å²) in [6, 6.07) is 4.41. The van der Waals surface area contributed by atoms with Gasteiger partial charge < -0.3 is 14.9 Å². The molecule has 2 saturated heterocycles. The Morgan fingerprint density at radius 3 is 2.72 bits per heavy atom. The number of hydrogen-bond donors (Lipinski definition) is 2. The fraction of sp³-hybridized carbons (Fsp3) is 0.750. The predicted octanol–water partition coefficient (Wildman–Crippen LogP) is 2.41. The fourth-order valence-corrected chi connectivity index (χ4v) is 8.13. The van der Waals surface area contributed by atoms with Gasteiger partial charge in [-0.15, -0.1) is 0 Å². The quantitative estimate of drug-likeness (QED) is 0.822. The Hall–Kier alpha value is -1.30. The number of fused-ring (bicyclic) bond motifs is 3. The van der Waals surface area contributed by atoms with E-state index in [1.54, 1.807) is 6.07 Å². The second-order valence-electron chi connectivity index (χ2n) is 10.7. The molecule has 5 nitrogen and oxygen atoms in total. The Morgan fingerprint density at radius 1 is 1.17 bits per heavy atom. The second kappa shape index (κ2) is 5.49. The Balaban J connectivity index is 1.35. The van der Waals surface area contributed by atoms with Crippen molar-refractivity contribution in [2.75, 3.05) is 26.2 Å². The number of ether oxygens (including phenoxy) is 1. The SMILES string of the molecule is Cc1ccc(O)c2c1[C@]13C4CN(CC5CC5)[C@H]4[C@]1(O)CC[C@@H](N1CCCC1)[C@@H]3O2. The molecule has 6 atom stereocenters. The molecule has 0 bridgehead atoms. The lowest BCUT2D eigenvalue weighted by atomic mass is 9.35. The van der Waals surface area contributed by atoms with E-state index in [4.69, 9.17) is 4.74 Å². The van der Waals surface area contributed by atoms with E-state index in [9.17, 15) is 10.2 Å². The van der Waals surface area contributed by atoms with Gasteiger partial charge in [-0.1, -0.05) is 6.07 Å². The molecule has 2 N–H and O–H groups in total. The summed E-state index contributed by atoms with van der Waals surface area (Å²) in [5.74, 6) is 2.21. The Bertz CT molecular complexity index is 879. The van der Waals surface area contributed by atoms with Crippen LogP contribution < -0.4 is 4.74 Å². The third kappa shape index (κ3) is 1.90. The van der Waals surface area contributed by atoms with Crippen molar-refractivity contribution in [3.63, 3.8) is 0 Å². The van der Waals surface area contributed by atoms with E-state index in [-0.39, 0.29) is 23.3 Å². The molecular weight excluding hydrogens is 364 g/mol. The second-order valence-corrected chi connectivity index (χ2v) is 10.7. The molecule has 1 spiro atoms. The smallest absolute Gasteiger partial charge is 0.165 e. The van der Waals surface area contributed by atoms with Gasteiger partial charge in [-0.25, -0.2) is 0 Å². The van der Waals surface area contributed by atoms with E-state index in [1.807, 2.05) is 6.07 Å². The Kier molecular flexibility index (Phi) is 3.29. The van der Waals surface area contributed by atoms with Gasteiger partial charge in [0.25, 0.3) is 0 Å². The number of aliphatic hydroxyl groups is 1. The number of phenolic OH excluding ortho intramolecular Hbond substituents is 1. The van der Waals surface area contributed by atoms with Crippen LogP contribution in [0.1, 0.15) is 49.7 Å². The number of rotatable bonds is 3. The average molecular weight is 397 g/mol. The van der Waals surface area contributed by atoms with Crippen LogP contribution in [-0.4, -0.2) is 70.0 Å². The number of hydrogen-bond acceptors (Lipinski definition) is 5. The highest BCUT2D eigenvalue weighted by Gasteiger charge is 2.85. The normalized spacial score (nSPS) is 45.4. The standard InChI is InChI=1S/C24H32N2O3/c1-14-4-7-18(27)20-19(14)24-16-13-26(12-15-5-6-15)21(16)23(24,28)9-8-17(22(24)29-20)25-10-2-3-11-25/h4,7,15-17,21-22,27-28H,2-3,5-6,8-13H2,1H3/t16?,17-,21-,22+,23-,24+/m1/s1. The summed E-state index contributed by atoms with van der Waals surface area (Å²) in [6.45, 7) is 6.65. The van der Waals surface area contributed by atoms with Crippen LogP contribution in [0.2, 0.25) is 0 Å². The van der Waals surface area contributed by atoms with Crippen molar-refractivity contribution < 1.29 is 14.9 Å². The van der Waals surface area contributed by atoms with Crippen molar-refractivity contribution in [2.24, 2.45) is 11.8 Å². The summed E-state index contributed by atoms with van der Waals surface area (Å²) in [5, 5.41) is 23.0. The van der Waals surface area contributed by atoms with E-state index >= 15 is 0 Å². The van der Waals surface area contributed by atoms with Gasteiger partial charge >= 0.3 is 0 Å². The molecule has 3 aliphatic heterocycles. The molecule has 3 aliphatic carbocycles. The van der Waals surface area contributed by atoms with E-state index in [2.05, 4.69) is 16.7 Å². The molecule has 156 valence electrons. The van der Waals surface area contributed by atoms with E-state index < -0.39 is 5.60 Å². The molecule has 1 unspecified atom stereocenters. The summed E-state index contributed by atoms with van der Waals surface area (Å²) in [4.78, 5) is 5.18. The van der Waals surface area contributed by atoms with Gasteiger partial charge in [0.1, 0.15) is 6.10 Å². The van der Waals surface area contributed by atoms with Gasteiger partial charge in [0.2, 0.25) is 0 Å². The summed E-state index contributed by atoms with van der Waals surface area (Å²) < 4.78 is 6.65. The maximum atomic E-state index is 12.3. The minimum Gasteiger partial charge on any atom is -0.504 e. The van der Waals surface area contributed by atoms with Crippen molar-refractivity contribution in [3.8, 4) is 11.5 Å². The third-order valence-corrected chi connectivity index (χ3v) is 9.42. The van der Waals surface area contributed by atoms with Crippen molar-refractivity contribution in [1.29, 1.82) is 0 Å². The largest absolute Gasteiger partial charge is 0.504 e. The number of piperidine rings is 1. The first kappa shape index (κ1) is 17.4. The summed E-state index contributed by atoms with van der Waals surface area (Å²) in [5.41, 5.74) is 1.22. The maximum absolute atomic E-state index is 12.3. The van der Waals surface area contributed by atoms with Crippen molar-refractivity contribution in [2.45, 2.75) is 74.7 Å². The van der Waals surface area contributed by atoms with Crippen molar-refractivity contribution >= 4 is 0 Å². The van der Waals surface area contributed by atoms with E-state index in [1.165, 1.54) is 31.2 Å². The molecule has 0 aromatic heterocycles. The fourth-order valence-electron chi connectivity index (χ4n) is 8.13.